The predicted octanol–water partition coefficient (Wildman–Crippen LogP) is 3.20. The molecule has 1 fully saturated rings. The molecule has 1 saturated heterocycles. The Morgan fingerprint density at radius 2 is 1.93 bits per heavy atom. The van der Waals surface area contributed by atoms with Crippen molar-refractivity contribution in [2.45, 2.75) is 18.9 Å². The largest absolute Gasteiger partial charge is 0.472 e. The first-order chi connectivity index (χ1) is 13.6. The van der Waals surface area contributed by atoms with E-state index in [9.17, 15) is 9.59 Å². The number of hydrogen-bond acceptors (Lipinski definition) is 5. The first-order valence-corrected chi connectivity index (χ1v) is 9.42. The lowest BCUT2D eigenvalue weighted by Gasteiger charge is -2.32. The van der Waals surface area contributed by atoms with Gasteiger partial charge in [0, 0.05) is 19.1 Å². The fourth-order valence-corrected chi connectivity index (χ4v) is 3.49. The summed E-state index contributed by atoms with van der Waals surface area (Å²) in [4.78, 5) is 26.7. The molecular weight excluding hydrogens is 380 g/mol. The second kappa shape index (κ2) is 7.90. The third kappa shape index (κ3) is 3.66. The number of nitrogens with zero attached hydrogens (tertiary/aromatic N) is 3. The lowest BCUT2D eigenvalue weighted by molar-refractivity contribution is 0.0718. The third-order valence-electron chi connectivity index (χ3n) is 4.83. The molecule has 1 aliphatic rings. The Bertz CT molecular complexity index is 1010. The molecule has 0 aliphatic carbocycles. The number of piperidine rings is 1. The predicted molar refractivity (Wildman–Crippen MR) is 106 cm³/mol. The first kappa shape index (κ1) is 18.3. The summed E-state index contributed by atoms with van der Waals surface area (Å²) in [6.45, 7) is 1.24. The van der Waals surface area contributed by atoms with Crippen molar-refractivity contribution in [1.82, 2.24) is 14.7 Å². The highest BCUT2D eigenvalue weighted by atomic mass is 35.5. The number of likely N-dealkylation sites (tertiary alicyclic amines) is 1. The van der Waals surface area contributed by atoms with Crippen LogP contribution in [-0.2, 0) is 0 Å². The molecule has 1 amide bonds. The highest BCUT2D eigenvalue weighted by molar-refractivity contribution is 6.33. The van der Waals surface area contributed by atoms with Gasteiger partial charge in [-0.25, -0.2) is 0 Å². The van der Waals surface area contributed by atoms with Crippen molar-refractivity contribution in [3.8, 4) is 5.69 Å². The van der Waals surface area contributed by atoms with Crippen LogP contribution in [0.2, 0.25) is 5.02 Å². The van der Waals surface area contributed by atoms with Gasteiger partial charge in [-0.3, -0.25) is 9.59 Å². The van der Waals surface area contributed by atoms with Crippen LogP contribution in [0.25, 0.3) is 5.69 Å². The van der Waals surface area contributed by atoms with Crippen LogP contribution < -0.4 is 10.9 Å². The molecule has 3 aromatic rings. The maximum absolute atomic E-state index is 12.6. The van der Waals surface area contributed by atoms with E-state index in [0.29, 0.717) is 30.0 Å². The topological polar surface area (TPSA) is 80.4 Å². The number of carbonyl (C=O) groups excluding carboxylic acids is 1. The lowest BCUT2D eigenvalue weighted by Crippen LogP contribution is -2.42. The van der Waals surface area contributed by atoms with E-state index in [4.69, 9.17) is 16.0 Å². The number of hydrogen-bond donors (Lipinski definition) is 1. The van der Waals surface area contributed by atoms with Gasteiger partial charge in [0.1, 0.15) is 11.3 Å². The number of amides is 1. The number of furan rings is 1. The minimum Gasteiger partial charge on any atom is -0.472 e. The maximum Gasteiger partial charge on any atom is 0.292 e. The number of anilines is 1. The smallest absolute Gasteiger partial charge is 0.292 e. The summed E-state index contributed by atoms with van der Waals surface area (Å²) in [5, 5.41) is 7.64. The fraction of sp³-hybridized carbons (Fsp3) is 0.250. The Hall–Kier alpha value is -3.06. The molecule has 0 saturated carbocycles. The molecule has 1 aliphatic heterocycles. The Labute approximate surface area is 166 Å². The van der Waals surface area contributed by atoms with E-state index in [2.05, 4.69) is 10.4 Å². The number of nitrogens with one attached hydrogen (secondary N) is 1. The molecule has 1 N–H and O–H groups in total. The molecule has 144 valence electrons. The molecule has 3 heterocycles. The number of carbonyl (C=O) groups is 1. The summed E-state index contributed by atoms with van der Waals surface area (Å²) in [5.74, 6) is -0.0302. The van der Waals surface area contributed by atoms with Crippen molar-refractivity contribution in [3.63, 3.8) is 0 Å². The van der Waals surface area contributed by atoms with E-state index in [0.717, 1.165) is 12.8 Å². The van der Waals surface area contributed by atoms with E-state index >= 15 is 0 Å². The zero-order valence-corrected chi connectivity index (χ0v) is 15.8. The van der Waals surface area contributed by atoms with Crippen LogP contribution >= 0.6 is 11.6 Å². The highest BCUT2D eigenvalue weighted by Crippen LogP contribution is 2.22. The third-order valence-corrected chi connectivity index (χ3v) is 5.19. The van der Waals surface area contributed by atoms with Crippen molar-refractivity contribution < 1.29 is 9.21 Å². The molecular formula is C20H19ClN4O3. The summed E-state index contributed by atoms with van der Waals surface area (Å²) in [7, 11) is 0. The monoisotopic (exact) mass is 398 g/mol. The van der Waals surface area contributed by atoms with Gasteiger partial charge in [-0.15, -0.1) is 0 Å². The first-order valence-electron chi connectivity index (χ1n) is 9.05. The Balaban J connectivity index is 1.42. The van der Waals surface area contributed by atoms with Gasteiger partial charge < -0.3 is 14.6 Å². The minimum absolute atomic E-state index is 0.0302. The molecule has 0 bridgehead atoms. The normalized spacial score (nSPS) is 14.8. The summed E-state index contributed by atoms with van der Waals surface area (Å²) in [5.41, 5.74) is 1.36. The van der Waals surface area contributed by atoms with E-state index < -0.39 is 0 Å². The second-order valence-corrected chi connectivity index (χ2v) is 7.03. The molecule has 0 radical (unpaired) electrons. The Kier molecular flexibility index (Phi) is 5.16. The van der Waals surface area contributed by atoms with E-state index in [1.54, 1.807) is 29.3 Å². The number of rotatable bonds is 4. The van der Waals surface area contributed by atoms with Crippen LogP contribution in [0.5, 0.6) is 0 Å². The van der Waals surface area contributed by atoms with Crippen molar-refractivity contribution in [3.05, 3.63) is 76.1 Å². The van der Waals surface area contributed by atoms with E-state index in [1.165, 1.54) is 17.2 Å². The van der Waals surface area contributed by atoms with E-state index in [-0.39, 0.29) is 22.5 Å². The average molecular weight is 399 g/mol. The lowest BCUT2D eigenvalue weighted by atomic mass is 10.0. The van der Waals surface area contributed by atoms with Crippen LogP contribution in [0.4, 0.5) is 5.69 Å². The fourth-order valence-electron chi connectivity index (χ4n) is 3.30. The van der Waals surface area contributed by atoms with Gasteiger partial charge >= 0.3 is 0 Å². The van der Waals surface area contributed by atoms with Crippen LogP contribution in [0.1, 0.15) is 23.2 Å². The van der Waals surface area contributed by atoms with Gasteiger partial charge in [0.25, 0.3) is 11.5 Å². The van der Waals surface area contributed by atoms with Crippen molar-refractivity contribution >= 4 is 23.2 Å². The molecule has 0 spiro atoms. The quantitative estimate of drug-likeness (QED) is 0.730. The molecule has 0 atom stereocenters. The van der Waals surface area contributed by atoms with Gasteiger partial charge in [-0.1, -0.05) is 29.8 Å². The zero-order chi connectivity index (χ0) is 19.5. The van der Waals surface area contributed by atoms with Crippen molar-refractivity contribution in [1.29, 1.82) is 0 Å². The molecule has 7 nitrogen and oxygen atoms in total. The zero-order valence-electron chi connectivity index (χ0n) is 15.0. The molecule has 4 rings (SSSR count). The molecule has 8 heteroatoms. The maximum atomic E-state index is 12.6. The van der Waals surface area contributed by atoms with Gasteiger partial charge in [0.2, 0.25) is 0 Å². The van der Waals surface area contributed by atoms with Crippen molar-refractivity contribution in [2.75, 3.05) is 18.4 Å². The Morgan fingerprint density at radius 3 is 2.61 bits per heavy atom. The summed E-state index contributed by atoms with van der Waals surface area (Å²) >= 11 is 6.30. The second-order valence-electron chi connectivity index (χ2n) is 6.65. The molecule has 1 aromatic carbocycles. The van der Waals surface area contributed by atoms with Crippen LogP contribution in [0.15, 0.2) is 64.3 Å². The number of halogens is 1. The number of aromatic nitrogens is 2. The molecule has 2 aromatic heterocycles. The van der Waals surface area contributed by atoms with E-state index in [1.807, 2.05) is 18.2 Å². The van der Waals surface area contributed by atoms with Gasteiger partial charge in [-0.05, 0) is 31.0 Å². The molecule has 0 unspecified atom stereocenters. The Morgan fingerprint density at radius 1 is 1.18 bits per heavy atom. The molecule has 28 heavy (non-hydrogen) atoms. The summed E-state index contributed by atoms with van der Waals surface area (Å²) in [6.07, 6.45) is 6.02. The number of para-hydroxylation sites is 1. The number of benzene rings is 1. The summed E-state index contributed by atoms with van der Waals surface area (Å²) in [6, 6.07) is 10.9. The SMILES string of the molecule is O=C(c1ccoc1)N1CCC(Nc2cnn(-c3ccccc3)c(=O)c2Cl)CC1. The highest BCUT2D eigenvalue weighted by Gasteiger charge is 2.25. The van der Waals surface area contributed by atoms with Gasteiger partial charge in [0.15, 0.2) is 0 Å². The van der Waals surface area contributed by atoms with Crippen molar-refractivity contribution in [2.24, 2.45) is 0 Å². The minimum atomic E-state index is -0.370. The van der Waals surface area contributed by atoms with Crippen LogP contribution in [0.3, 0.4) is 0 Å². The van der Waals surface area contributed by atoms with Gasteiger partial charge in [0.05, 0.1) is 29.4 Å². The van der Waals surface area contributed by atoms with Crippen LogP contribution in [-0.4, -0.2) is 39.7 Å². The summed E-state index contributed by atoms with van der Waals surface area (Å²) < 4.78 is 6.26. The van der Waals surface area contributed by atoms with Crippen LogP contribution in [0, 0.1) is 0 Å². The van der Waals surface area contributed by atoms with Gasteiger partial charge in [-0.2, -0.15) is 9.78 Å². The standard InChI is InChI=1S/C20H19ClN4O3/c21-18-17(12-22-25(20(18)27)16-4-2-1-3-5-16)23-15-6-9-24(10-7-15)19(26)14-8-11-28-13-14/h1-5,8,11-13,15,23H,6-7,9-10H2. The average Bonchev–Trinajstić information content (AvgIpc) is 3.27.